The van der Waals surface area contributed by atoms with Crippen LogP contribution in [-0.2, 0) is 16.1 Å². The highest BCUT2D eigenvalue weighted by Gasteiger charge is 2.44. The van der Waals surface area contributed by atoms with Crippen molar-refractivity contribution in [3.63, 3.8) is 0 Å². The smallest absolute Gasteiger partial charge is 0.253 e. The van der Waals surface area contributed by atoms with Crippen LogP contribution >= 0.6 is 0 Å². The summed E-state index contributed by atoms with van der Waals surface area (Å²) in [6, 6.07) is 15.7. The van der Waals surface area contributed by atoms with Gasteiger partial charge in [0.05, 0.1) is 6.54 Å². The lowest BCUT2D eigenvalue weighted by atomic mass is 9.76. The van der Waals surface area contributed by atoms with Crippen LogP contribution in [0.25, 0.3) is 0 Å². The van der Waals surface area contributed by atoms with Crippen LogP contribution in [-0.4, -0.2) is 53.7 Å². The number of amides is 1. The molecule has 1 amide bonds. The number of hydrogen-bond acceptors (Lipinski definition) is 6. The zero-order valence-electron chi connectivity index (χ0n) is 19.0. The average Bonchev–Trinajstić information content (AvgIpc) is 2.84. The van der Waals surface area contributed by atoms with Crippen molar-refractivity contribution < 1.29 is 19.4 Å². The number of carbonyl (C=O) groups excluding carboxylic acids is 2. The van der Waals surface area contributed by atoms with Gasteiger partial charge in [-0.25, -0.2) is 0 Å². The Balaban J connectivity index is 1.33. The summed E-state index contributed by atoms with van der Waals surface area (Å²) >= 11 is 0. The number of hydrogen-bond donors (Lipinski definition) is 3. The van der Waals surface area contributed by atoms with Gasteiger partial charge in [-0.05, 0) is 67.3 Å². The number of aliphatic hydroxyl groups is 1. The number of benzene rings is 2. The van der Waals surface area contributed by atoms with Crippen LogP contribution in [0.1, 0.15) is 59.5 Å². The fraction of sp³-hybridized carbons (Fsp3) is 0.462. The SMILES string of the molecule is NCc1cccc(C2CCN(C(=O)c3cccc(NCC(=O)C4(OCO)CCC4)c3)CC2)c1. The maximum Gasteiger partial charge on any atom is 0.253 e. The van der Waals surface area contributed by atoms with E-state index in [1.165, 1.54) is 5.56 Å². The molecule has 0 unspecified atom stereocenters. The van der Waals surface area contributed by atoms with Gasteiger partial charge in [0, 0.05) is 30.9 Å². The summed E-state index contributed by atoms with van der Waals surface area (Å²) in [7, 11) is 0. The van der Waals surface area contributed by atoms with Gasteiger partial charge in [0.15, 0.2) is 5.78 Å². The summed E-state index contributed by atoms with van der Waals surface area (Å²) in [5, 5.41) is 12.2. The molecular formula is C26H33N3O4. The van der Waals surface area contributed by atoms with Crippen LogP contribution in [0.3, 0.4) is 0 Å². The molecule has 2 aliphatic rings. The Bertz CT molecular complexity index is 981. The van der Waals surface area contributed by atoms with Crippen molar-refractivity contribution in [1.29, 1.82) is 0 Å². The van der Waals surface area contributed by atoms with E-state index >= 15 is 0 Å². The van der Waals surface area contributed by atoms with Crippen molar-refractivity contribution in [1.82, 2.24) is 4.90 Å². The summed E-state index contributed by atoms with van der Waals surface area (Å²) in [5.74, 6) is 0.387. The Morgan fingerprint density at radius 3 is 2.55 bits per heavy atom. The fourth-order valence-electron chi connectivity index (χ4n) is 4.80. The second-order valence-electron chi connectivity index (χ2n) is 8.99. The number of anilines is 1. The minimum absolute atomic E-state index is 0.0122. The van der Waals surface area contributed by atoms with E-state index in [-0.39, 0.29) is 18.2 Å². The van der Waals surface area contributed by atoms with E-state index < -0.39 is 12.4 Å². The van der Waals surface area contributed by atoms with Gasteiger partial charge in [0.2, 0.25) is 0 Å². The first-order chi connectivity index (χ1) is 16.0. The van der Waals surface area contributed by atoms with Crippen LogP contribution in [0.4, 0.5) is 5.69 Å². The second kappa shape index (κ2) is 10.5. The van der Waals surface area contributed by atoms with Crippen molar-refractivity contribution in [3.8, 4) is 0 Å². The first kappa shape index (κ1) is 23.4. The Kier molecular flexibility index (Phi) is 7.42. The van der Waals surface area contributed by atoms with Crippen molar-refractivity contribution in [2.75, 3.05) is 31.7 Å². The largest absolute Gasteiger partial charge is 0.378 e. The van der Waals surface area contributed by atoms with Gasteiger partial charge >= 0.3 is 0 Å². The first-order valence-corrected chi connectivity index (χ1v) is 11.7. The maximum atomic E-state index is 13.1. The quantitative estimate of drug-likeness (QED) is 0.506. The van der Waals surface area contributed by atoms with Crippen LogP contribution < -0.4 is 11.1 Å². The normalized spacial score (nSPS) is 17.9. The fourth-order valence-corrected chi connectivity index (χ4v) is 4.80. The lowest BCUT2D eigenvalue weighted by Crippen LogP contribution is -2.50. The number of ketones is 1. The highest BCUT2D eigenvalue weighted by Crippen LogP contribution is 2.36. The Hall–Kier alpha value is -2.74. The number of nitrogens with zero attached hydrogens (tertiary/aromatic N) is 1. The highest BCUT2D eigenvalue weighted by molar-refractivity contribution is 5.96. The number of nitrogens with two attached hydrogens (primary N) is 1. The molecule has 2 fully saturated rings. The van der Waals surface area contributed by atoms with Crippen LogP contribution in [0.2, 0.25) is 0 Å². The molecule has 2 aromatic carbocycles. The lowest BCUT2D eigenvalue weighted by Gasteiger charge is -2.39. The summed E-state index contributed by atoms with van der Waals surface area (Å²) in [6.07, 6.45) is 4.06. The third-order valence-corrected chi connectivity index (χ3v) is 7.01. The van der Waals surface area contributed by atoms with Crippen molar-refractivity contribution in [2.45, 2.75) is 50.2 Å². The van der Waals surface area contributed by atoms with Gasteiger partial charge in [-0.3, -0.25) is 9.59 Å². The number of rotatable bonds is 9. The van der Waals surface area contributed by atoms with Crippen LogP contribution in [0, 0.1) is 0 Å². The minimum atomic E-state index is -0.858. The monoisotopic (exact) mass is 451 g/mol. The van der Waals surface area contributed by atoms with Gasteiger partial charge < -0.3 is 25.8 Å². The number of carbonyl (C=O) groups is 2. The molecule has 1 aliphatic carbocycles. The molecule has 0 bridgehead atoms. The maximum absolute atomic E-state index is 13.1. The molecule has 0 spiro atoms. The van der Waals surface area contributed by atoms with E-state index in [1.54, 1.807) is 6.07 Å². The van der Waals surface area contributed by atoms with E-state index in [0.29, 0.717) is 44.0 Å². The molecule has 4 N–H and O–H groups in total. The van der Waals surface area contributed by atoms with Crippen LogP contribution in [0.15, 0.2) is 48.5 Å². The third-order valence-electron chi connectivity index (χ3n) is 7.01. The number of likely N-dealkylation sites (tertiary alicyclic amines) is 1. The van der Waals surface area contributed by atoms with Gasteiger partial charge in [-0.2, -0.15) is 0 Å². The van der Waals surface area contributed by atoms with Crippen molar-refractivity contribution >= 4 is 17.4 Å². The molecule has 176 valence electrons. The molecule has 1 aliphatic heterocycles. The highest BCUT2D eigenvalue weighted by atomic mass is 16.6. The number of piperidine rings is 1. The Morgan fingerprint density at radius 2 is 1.88 bits per heavy atom. The first-order valence-electron chi connectivity index (χ1n) is 11.7. The van der Waals surface area contributed by atoms with Gasteiger partial charge in [0.1, 0.15) is 12.4 Å². The van der Waals surface area contributed by atoms with Gasteiger partial charge in [-0.1, -0.05) is 30.3 Å². The van der Waals surface area contributed by atoms with E-state index in [2.05, 4.69) is 23.5 Å². The van der Waals surface area contributed by atoms with E-state index in [1.807, 2.05) is 29.2 Å². The molecule has 1 saturated carbocycles. The van der Waals surface area contributed by atoms with E-state index in [9.17, 15) is 9.59 Å². The molecule has 2 aromatic rings. The van der Waals surface area contributed by atoms with Gasteiger partial charge in [0.25, 0.3) is 5.91 Å². The minimum Gasteiger partial charge on any atom is -0.378 e. The molecule has 0 aromatic heterocycles. The number of aliphatic hydroxyl groups excluding tert-OH is 1. The molecule has 0 radical (unpaired) electrons. The summed E-state index contributed by atoms with van der Waals surface area (Å²) in [5.41, 5.74) is 8.69. The predicted molar refractivity (Wildman–Crippen MR) is 127 cm³/mol. The zero-order chi connectivity index (χ0) is 23.3. The molecule has 0 atom stereocenters. The Labute approximate surface area is 194 Å². The van der Waals surface area contributed by atoms with E-state index in [4.69, 9.17) is 15.6 Å². The van der Waals surface area contributed by atoms with Crippen LogP contribution in [0.5, 0.6) is 0 Å². The third kappa shape index (κ3) is 5.27. The van der Waals surface area contributed by atoms with Gasteiger partial charge in [-0.15, -0.1) is 0 Å². The molecule has 1 heterocycles. The molecule has 1 saturated heterocycles. The topological polar surface area (TPSA) is 105 Å². The Morgan fingerprint density at radius 1 is 1.12 bits per heavy atom. The summed E-state index contributed by atoms with van der Waals surface area (Å²) < 4.78 is 5.31. The summed E-state index contributed by atoms with van der Waals surface area (Å²) in [6.45, 7) is 1.62. The number of Topliss-reactive ketones (excluding diaryl/α,β-unsaturated/α-hetero) is 1. The zero-order valence-corrected chi connectivity index (χ0v) is 19.0. The molecule has 7 heteroatoms. The molecule has 4 rings (SSSR count). The second-order valence-corrected chi connectivity index (χ2v) is 8.99. The molecular weight excluding hydrogens is 418 g/mol. The summed E-state index contributed by atoms with van der Waals surface area (Å²) in [4.78, 5) is 27.6. The number of nitrogens with one attached hydrogen (secondary N) is 1. The lowest BCUT2D eigenvalue weighted by molar-refractivity contribution is -0.174. The van der Waals surface area contributed by atoms with Crippen molar-refractivity contribution in [2.24, 2.45) is 5.73 Å². The predicted octanol–water partition coefficient (Wildman–Crippen LogP) is 3.04. The average molecular weight is 452 g/mol. The van der Waals surface area contributed by atoms with E-state index in [0.717, 1.165) is 30.5 Å². The molecule has 33 heavy (non-hydrogen) atoms. The number of ether oxygens (including phenoxy) is 1. The standard InChI is InChI=1S/C26H33N3O4/c27-16-19-4-1-5-21(14-19)20-8-12-29(13-9-20)25(32)22-6-2-7-23(15-22)28-17-24(31)26(33-18-30)10-3-11-26/h1-2,4-7,14-15,20,28,30H,3,8-13,16-18,27H2. The molecule has 7 nitrogen and oxygen atoms in total. The van der Waals surface area contributed by atoms with Crippen molar-refractivity contribution in [3.05, 3.63) is 65.2 Å².